The summed E-state index contributed by atoms with van der Waals surface area (Å²) in [7, 11) is 3.90. The molecule has 20 heavy (non-hydrogen) atoms. The second-order valence-corrected chi connectivity index (χ2v) is 6.00. The molecular formula is C14H27N3O3. The molecule has 0 aliphatic heterocycles. The molecule has 1 fully saturated rings. The summed E-state index contributed by atoms with van der Waals surface area (Å²) in [4.78, 5) is 27.5. The number of aliphatic carboxylic acids is 1. The van der Waals surface area contributed by atoms with Crippen molar-refractivity contribution < 1.29 is 14.7 Å². The van der Waals surface area contributed by atoms with Gasteiger partial charge in [-0.05, 0) is 46.2 Å². The summed E-state index contributed by atoms with van der Waals surface area (Å²) >= 11 is 0. The van der Waals surface area contributed by atoms with Crippen LogP contribution in [0.4, 0.5) is 4.79 Å². The normalized spacial score (nSPS) is 17.6. The van der Waals surface area contributed by atoms with Gasteiger partial charge in [-0.25, -0.2) is 9.59 Å². The van der Waals surface area contributed by atoms with Gasteiger partial charge in [0, 0.05) is 19.6 Å². The first-order chi connectivity index (χ1) is 9.31. The minimum Gasteiger partial charge on any atom is -0.480 e. The number of likely N-dealkylation sites (N-methyl/N-ethyl adjacent to an activating group) is 1. The van der Waals surface area contributed by atoms with Crippen LogP contribution in [0.3, 0.4) is 0 Å². The lowest BCUT2D eigenvalue weighted by atomic mass is 9.96. The van der Waals surface area contributed by atoms with E-state index in [2.05, 4.69) is 5.32 Å². The van der Waals surface area contributed by atoms with E-state index >= 15 is 0 Å². The molecule has 6 heteroatoms. The molecule has 2 N–H and O–H groups in total. The van der Waals surface area contributed by atoms with Gasteiger partial charge in [0.2, 0.25) is 0 Å². The lowest BCUT2D eigenvalue weighted by Gasteiger charge is -2.31. The number of rotatable bonds is 8. The predicted molar refractivity (Wildman–Crippen MR) is 77.7 cm³/mol. The summed E-state index contributed by atoms with van der Waals surface area (Å²) in [5.41, 5.74) is -1.14. The number of carbonyl (C=O) groups is 2. The first kappa shape index (κ1) is 16.8. The van der Waals surface area contributed by atoms with E-state index in [1.54, 1.807) is 11.8 Å². The molecule has 6 nitrogen and oxygen atoms in total. The molecule has 1 atom stereocenters. The fourth-order valence-electron chi connectivity index (χ4n) is 2.20. The Bertz CT molecular complexity index is 356. The topological polar surface area (TPSA) is 72.9 Å². The number of hydrogen-bond acceptors (Lipinski definition) is 3. The Morgan fingerprint density at radius 1 is 1.25 bits per heavy atom. The number of urea groups is 1. The number of hydrogen-bond donors (Lipinski definition) is 2. The zero-order valence-electron chi connectivity index (χ0n) is 13.0. The zero-order valence-corrected chi connectivity index (χ0v) is 13.0. The third-order valence-electron chi connectivity index (χ3n) is 3.80. The Balaban J connectivity index is 2.66. The first-order valence-corrected chi connectivity index (χ1v) is 7.26. The van der Waals surface area contributed by atoms with Crippen LogP contribution < -0.4 is 5.32 Å². The van der Waals surface area contributed by atoms with E-state index in [0.717, 1.165) is 25.8 Å². The molecule has 1 rings (SSSR count). The summed E-state index contributed by atoms with van der Waals surface area (Å²) < 4.78 is 0. The molecule has 0 radical (unpaired) electrons. The Morgan fingerprint density at radius 3 is 2.25 bits per heavy atom. The summed E-state index contributed by atoms with van der Waals surface area (Å²) in [5, 5.41) is 12.1. The SMILES string of the molecule is CCCN(CCN(C)C)C(=O)NC(C)(C(=O)O)C1CC1. The molecule has 0 spiro atoms. The summed E-state index contributed by atoms with van der Waals surface area (Å²) in [6, 6.07) is -0.273. The molecule has 0 bridgehead atoms. The van der Waals surface area contributed by atoms with E-state index in [1.807, 2.05) is 25.9 Å². The Kier molecular flexibility index (Phi) is 5.80. The molecule has 0 saturated heterocycles. The minimum atomic E-state index is -1.14. The Labute approximate surface area is 121 Å². The highest BCUT2D eigenvalue weighted by molar-refractivity contribution is 5.86. The summed E-state index contributed by atoms with van der Waals surface area (Å²) in [6.45, 7) is 5.63. The van der Waals surface area contributed by atoms with E-state index in [1.165, 1.54) is 0 Å². The van der Waals surface area contributed by atoms with Crippen LogP contribution >= 0.6 is 0 Å². The van der Waals surface area contributed by atoms with Crippen LogP contribution in [0.2, 0.25) is 0 Å². The van der Waals surface area contributed by atoms with Gasteiger partial charge in [0.15, 0.2) is 0 Å². The maximum atomic E-state index is 12.3. The average Bonchev–Trinajstić information content (AvgIpc) is 3.17. The van der Waals surface area contributed by atoms with Gasteiger partial charge in [0.1, 0.15) is 5.54 Å². The van der Waals surface area contributed by atoms with Crippen LogP contribution in [0.25, 0.3) is 0 Å². The lowest BCUT2D eigenvalue weighted by Crippen LogP contribution is -2.58. The average molecular weight is 285 g/mol. The predicted octanol–water partition coefficient (Wildman–Crippen LogP) is 1.22. The van der Waals surface area contributed by atoms with Gasteiger partial charge < -0.3 is 20.2 Å². The van der Waals surface area contributed by atoms with Gasteiger partial charge in [-0.2, -0.15) is 0 Å². The highest BCUT2D eigenvalue weighted by Crippen LogP contribution is 2.39. The zero-order chi connectivity index (χ0) is 15.3. The van der Waals surface area contributed by atoms with Crippen molar-refractivity contribution in [2.75, 3.05) is 33.7 Å². The lowest BCUT2D eigenvalue weighted by molar-refractivity contribution is -0.144. The second kappa shape index (κ2) is 6.92. The van der Waals surface area contributed by atoms with Crippen molar-refractivity contribution in [3.8, 4) is 0 Å². The standard InChI is InChI=1S/C14H27N3O3/c1-5-8-17(10-9-16(3)4)13(20)15-14(2,12(18)19)11-6-7-11/h11H,5-10H2,1-4H3,(H,15,20)(H,18,19). The van der Waals surface area contributed by atoms with Crippen LogP contribution in [0.15, 0.2) is 0 Å². The van der Waals surface area contributed by atoms with E-state index < -0.39 is 11.5 Å². The molecule has 0 aromatic heterocycles. The van der Waals surface area contributed by atoms with Crippen molar-refractivity contribution >= 4 is 12.0 Å². The smallest absolute Gasteiger partial charge is 0.329 e. The van der Waals surface area contributed by atoms with Gasteiger partial charge in [0.05, 0.1) is 0 Å². The van der Waals surface area contributed by atoms with E-state index in [9.17, 15) is 14.7 Å². The van der Waals surface area contributed by atoms with Gasteiger partial charge in [0.25, 0.3) is 0 Å². The van der Waals surface area contributed by atoms with Gasteiger partial charge >= 0.3 is 12.0 Å². The molecular weight excluding hydrogens is 258 g/mol. The molecule has 2 amide bonds. The molecule has 0 aromatic rings. The summed E-state index contributed by atoms with van der Waals surface area (Å²) in [5.74, 6) is -0.890. The molecule has 1 unspecified atom stereocenters. The second-order valence-electron chi connectivity index (χ2n) is 6.00. The maximum absolute atomic E-state index is 12.3. The fraction of sp³-hybridized carbons (Fsp3) is 0.857. The first-order valence-electron chi connectivity index (χ1n) is 7.26. The number of carboxylic acids is 1. The fourth-order valence-corrected chi connectivity index (χ4v) is 2.20. The van der Waals surface area contributed by atoms with Crippen LogP contribution in [0.5, 0.6) is 0 Å². The maximum Gasteiger partial charge on any atom is 0.329 e. The van der Waals surface area contributed by atoms with Crippen molar-refractivity contribution in [3.05, 3.63) is 0 Å². The molecule has 1 aliphatic carbocycles. The number of nitrogens with one attached hydrogen (secondary N) is 1. The highest BCUT2D eigenvalue weighted by Gasteiger charge is 2.49. The third kappa shape index (κ3) is 4.37. The van der Waals surface area contributed by atoms with E-state index in [-0.39, 0.29) is 11.9 Å². The monoisotopic (exact) mass is 285 g/mol. The van der Waals surface area contributed by atoms with Crippen LogP contribution in [0, 0.1) is 5.92 Å². The summed E-state index contributed by atoms with van der Waals surface area (Å²) in [6.07, 6.45) is 2.59. The highest BCUT2D eigenvalue weighted by atomic mass is 16.4. The van der Waals surface area contributed by atoms with Crippen molar-refractivity contribution in [2.24, 2.45) is 5.92 Å². The third-order valence-corrected chi connectivity index (χ3v) is 3.80. The van der Waals surface area contributed by atoms with E-state index in [0.29, 0.717) is 13.1 Å². The Morgan fingerprint density at radius 2 is 1.85 bits per heavy atom. The van der Waals surface area contributed by atoms with Gasteiger partial charge in [-0.3, -0.25) is 0 Å². The van der Waals surface area contributed by atoms with Crippen molar-refractivity contribution in [1.82, 2.24) is 15.1 Å². The number of carbonyl (C=O) groups excluding carboxylic acids is 1. The van der Waals surface area contributed by atoms with Crippen molar-refractivity contribution in [3.63, 3.8) is 0 Å². The van der Waals surface area contributed by atoms with Gasteiger partial charge in [-0.1, -0.05) is 6.92 Å². The molecule has 0 aromatic carbocycles. The largest absolute Gasteiger partial charge is 0.480 e. The van der Waals surface area contributed by atoms with Crippen LogP contribution in [0.1, 0.15) is 33.1 Å². The Hall–Kier alpha value is -1.30. The molecule has 116 valence electrons. The molecule has 0 heterocycles. The minimum absolute atomic E-state index is 0.0567. The van der Waals surface area contributed by atoms with Gasteiger partial charge in [-0.15, -0.1) is 0 Å². The molecule has 1 saturated carbocycles. The number of carboxylic acid groups (broad SMARTS) is 1. The number of amides is 2. The van der Waals surface area contributed by atoms with Crippen LogP contribution in [-0.4, -0.2) is 66.2 Å². The number of nitrogens with zero attached hydrogens (tertiary/aromatic N) is 2. The van der Waals surface area contributed by atoms with Crippen molar-refractivity contribution in [2.45, 2.75) is 38.6 Å². The quantitative estimate of drug-likeness (QED) is 0.703. The van der Waals surface area contributed by atoms with Crippen LogP contribution in [-0.2, 0) is 4.79 Å². The van der Waals surface area contributed by atoms with Crippen molar-refractivity contribution in [1.29, 1.82) is 0 Å². The molecule has 1 aliphatic rings. The van der Waals surface area contributed by atoms with E-state index in [4.69, 9.17) is 0 Å².